The Balaban J connectivity index is 1.77. The van der Waals surface area contributed by atoms with E-state index in [1.54, 1.807) is 6.92 Å². The molecule has 1 aliphatic rings. The zero-order valence-corrected chi connectivity index (χ0v) is 12.8. The van der Waals surface area contributed by atoms with Gasteiger partial charge in [-0.1, -0.05) is 12.1 Å². The lowest BCUT2D eigenvalue weighted by Crippen LogP contribution is -2.40. The number of nitrogens with zero attached hydrogens (tertiary/aromatic N) is 2. The first-order valence-corrected chi connectivity index (χ1v) is 8.84. The van der Waals surface area contributed by atoms with Gasteiger partial charge in [-0.2, -0.15) is 4.98 Å². The van der Waals surface area contributed by atoms with Crippen LogP contribution in [0.2, 0.25) is 0 Å². The molecule has 2 heterocycles. The molecule has 0 spiro atoms. The number of benzene rings is 1. The summed E-state index contributed by atoms with van der Waals surface area (Å²) in [5.74, 6) is 0.0998. The van der Waals surface area contributed by atoms with Crippen LogP contribution in [-0.2, 0) is 10.0 Å². The van der Waals surface area contributed by atoms with E-state index in [0.29, 0.717) is 12.6 Å². The molecule has 1 fully saturated rings. The highest BCUT2D eigenvalue weighted by Gasteiger charge is 2.29. The molecule has 114 valence electrons. The third-order valence-corrected chi connectivity index (χ3v) is 5.19. The summed E-state index contributed by atoms with van der Waals surface area (Å²) in [6.07, 6.45) is 1.95. The molecular formula is C14H19N3O3S. The lowest BCUT2D eigenvalue weighted by Gasteiger charge is -2.22. The van der Waals surface area contributed by atoms with Crippen molar-refractivity contribution < 1.29 is 12.8 Å². The van der Waals surface area contributed by atoms with Crippen LogP contribution in [0.3, 0.4) is 0 Å². The van der Waals surface area contributed by atoms with E-state index in [-0.39, 0.29) is 11.8 Å². The van der Waals surface area contributed by atoms with E-state index in [9.17, 15) is 8.42 Å². The molecule has 0 saturated carbocycles. The molecule has 2 aromatic rings. The smallest absolute Gasteiger partial charge is 0.298 e. The van der Waals surface area contributed by atoms with Crippen LogP contribution in [0.1, 0.15) is 19.8 Å². The Morgan fingerprint density at radius 3 is 3.00 bits per heavy atom. The van der Waals surface area contributed by atoms with Gasteiger partial charge in [-0.05, 0) is 31.9 Å². The number of fused-ring (bicyclic) bond motifs is 1. The summed E-state index contributed by atoms with van der Waals surface area (Å²) in [7, 11) is -3.16. The number of rotatable bonds is 5. The Kier molecular flexibility index (Phi) is 3.86. The third-order valence-electron chi connectivity index (χ3n) is 3.82. The predicted molar refractivity (Wildman–Crippen MR) is 81.8 cm³/mol. The first-order chi connectivity index (χ1) is 10.1. The summed E-state index contributed by atoms with van der Waals surface area (Å²) in [5, 5.41) is 0. The van der Waals surface area contributed by atoms with Gasteiger partial charge < -0.3 is 9.32 Å². The van der Waals surface area contributed by atoms with Gasteiger partial charge in [0.2, 0.25) is 10.0 Å². The zero-order chi connectivity index (χ0) is 14.9. The normalized spacial score (nSPS) is 19.5. The fourth-order valence-electron chi connectivity index (χ4n) is 2.61. The average Bonchev–Trinajstić information content (AvgIpc) is 3.11. The van der Waals surface area contributed by atoms with Gasteiger partial charge in [0.05, 0.1) is 5.75 Å². The van der Waals surface area contributed by atoms with Crippen LogP contribution in [0, 0.1) is 0 Å². The molecule has 1 saturated heterocycles. The van der Waals surface area contributed by atoms with E-state index in [0.717, 1.165) is 30.5 Å². The number of nitrogens with one attached hydrogen (secondary N) is 1. The third kappa shape index (κ3) is 3.03. The molecule has 0 aliphatic carbocycles. The molecule has 1 unspecified atom stereocenters. The van der Waals surface area contributed by atoms with Gasteiger partial charge >= 0.3 is 0 Å². The van der Waals surface area contributed by atoms with Crippen LogP contribution < -0.4 is 9.62 Å². The molecule has 1 atom stereocenters. The van der Waals surface area contributed by atoms with Crippen molar-refractivity contribution in [2.75, 3.05) is 23.7 Å². The second kappa shape index (κ2) is 5.65. The fourth-order valence-corrected chi connectivity index (χ4v) is 3.26. The van der Waals surface area contributed by atoms with E-state index >= 15 is 0 Å². The van der Waals surface area contributed by atoms with E-state index in [1.807, 2.05) is 24.3 Å². The van der Waals surface area contributed by atoms with Gasteiger partial charge in [-0.25, -0.2) is 13.1 Å². The number of anilines is 1. The second-order valence-electron chi connectivity index (χ2n) is 5.21. The summed E-state index contributed by atoms with van der Waals surface area (Å²) in [6.45, 7) is 2.87. The molecule has 1 aromatic carbocycles. The Labute approximate surface area is 124 Å². The van der Waals surface area contributed by atoms with Crippen molar-refractivity contribution in [3.05, 3.63) is 24.3 Å². The van der Waals surface area contributed by atoms with Crippen LogP contribution in [0.25, 0.3) is 11.1 Å². The molecule has 3 rings (SSSR count). The standard InChI is InChI=1S/C14H19N3O3S/c1-2-21(18,19)15-10-11-6-5-9-17(11)14-16-12-7-3-4-8-13(12)20-14/h3-4,7-8,11,15H,2,5-6,9-10H2,1H3. The van der Waals surface area contributed by atoms with Crippen molar-refractivity contribution in [2.24, 2.45) is 0 Å². The summed E-state index contributed by atoms with van der Waals surface area (Å²) in [6, 6.07) is 8.30. The maximum atomic E-state index is 11.6. The Bertz CT molecular complexity index is 693. The maximum absolute atomic E-state index is 11.6. The molecule has 0 radical (unpaired) electrons. The number of aromatic nitrogens is 1. The minimum atomic E-state index is -3.16. The number of oxazole rings is 1. The van der Waals surface area contributed by atoms with Crippen LogP contribution in [-0.4, -0.2) is 38.3 Å². The lowest BCUT2D eigenvalue weighted by molar-refractivity contribution is 0.534. The van der Waals surface area contributed by atoms with Crippen molar-refractivity contribution in [1.82, 2.24) is 9.71 Å². The molecular weight excluding hydrogens is 290 g/mol. The molecule has 1 aliphatic heterocycles. The maximum Gasteiger partial charge on any atom is 0.298 e. The van der Waals surface area contributed by atoms with Gasteiger partial charge in [0.25, 0.3) is 6.01 Å². The van der Waals surface area contributed by atoms with Gasteiger partial charge in [-0.15, -0.1) is 0 Å². The van der Waals surface area contributed by atoms with Crippen molar-refractivity contribution >= 4 is 27.1 Å². The Morgan fingerprint density at radius 1 is 1.43 bits per heavy atom. The molecule has 0 bridgehead atoms. The average molecular weight is 309 g/mol. The quantitative estimate of drug-likeness (QED) is 0.910. The summed E-state index contributed by atoms with van der Waals surface area (Å²) in [5.41, 5.74) is 1.58. The highest BCUT2D eigenvalue weighted by atomic mass is 32.2. The van der Waals surface area contributed by atoms with Crippen molar-refractivity contribution in [2.45, 2.75) is 25.8 Å². The summed E-state index contributed by atoms with van der Waals surface area (Å²) < 4.78 is 31.6. The number of para-hydroxylation sites is 2. The van der Waals surface area contributed by atoms with E-state index < -0.39 is 10.0 Å². The molecule has 6 nitrogen and oxygen atoms in total. The molecule has 1 N–H and O–H groups in total. The van der Waals surface area contributed by atoms with Crippen LogP contribution in [0.15, 0.2) is 28.7 Å². The van der Waals surface area contributed by atoms with Gasteiger partial charge in [-0.3, -0.25) is 0 Å². The highest BCUT2D eigenvalue weighted by molar-refractivity contribution is 7.89. The van der Waals surface area contributed by atoms with Crippen molar-refractivity contribution in [3.8, 4) is 0 Å². The molecule has 0 amide bonds. The van der Waals surface area contributed by atoms with Crippen LogP contribution in [0.4, 0.5) is 6.01 Å². The number of hydrogen-bond acceptors (Lipinski definition) is 5. The second-order valence-corrected chi connectivity index (χ2v) is 7.30. The number of sulfonamides is 1. The van der Waals surface area contributed by atoms with Gasteiger partial charge in [0.15, 0.2) is 5.58 Å². The van der Waals surface area contributed by atoms with E-state index in [2.05, 4.69) is 14.6 Å². The fraction of sp³-hybridized carbons (Fsp3) is 0.500. The van der Waals surface area contributed by atoms with Crippen molar-refractivity contribution in [1.29, 1.82) is 0 Å². The highest BCUT2D eigenvalue weighted by Crippen LogP contribution is 2.27. The minimum absolute atomic E-state index is 0.0967. The first kappa shape index (κ1) is 14.3. The first-order valence-electron chi connectivity index (χ1n) is 7.18. The van der Waals surface area contributed by atoms with Crippen LogP contribution >= 0.6 is 0 Å². The molecule has 21 heavy (non-hydrogen) atoms. The van der Waals surface area contributed by atoms with Gasteiger partial charge in [0.1, 0.15) is 5.52 Å². The summed E-state index contributed by atoms with van der Waals surface area (Å²) >= 11 is 0. The molecule has 1 aromatic heterocycles. The lowest BCUT2D eigenvalue weighted by atomic mass is 10.2. The minimum Gasteiger partial charge on any atom is -0.423 e. The number of hydrogen-bond donors (Lipinski definition) is 1. The largest absolute Gasteiger partial charge is 0.423 e. The Morgan fingerprint density at radius 2 is 2.24 bits per heavy atom. The van der Waals surface area contributed by atoms with E-state index in [4.69, 9.17) is 4.42 Å². The monoisotopic (exact) mass is 309 g/mol. The predicted octanol–water partition coefficient (Wildman–Crippen LogP) is 1.74. The topological polar surface area (TPSA) is 75.4 Å². The van der Waals surface area contributed by atoms with Crippen LogP contribution in [0.5, 0.6) is 0 Å². The Hall–Kier alpha value is -1.60. The SMILES string of the molecule is CCS(=O)(=O)NCC1CCCN1c1nc2ccccc2o1. The van der Waals surface area contributed by atoms with E-state index in [1.165, 1.54) is 0 Å². The summed E-state index contributed by atoms with van der Waals surface area (Å²) in [4.78, 5) is 6.55. The van der Waals surface area contributed by atoms with Gasteiger partial charge in [0, 0.05) is 19.1 Å². The zero-order valence-electron chi connectivity index (χ0n) is 11.9. The molecule has 7 heteroatoms. The van der Waals surface area contributed by atoms with Crippen molar-refractivity contribution in [3.63, 3.8) is 0 Å².